The topological polar surface area (TPSA) is 132 Å². The van der Waals surface area contributed by atoms with E-state index < -0.39 is 21.7 Å². The molecule has 0 aliphatic heterocycles. The van der Waals surface area contributed by atoms with Crippen LogP contribution in [0, 0.1) is 11.3 Å². The molecular formula is C18H13F3N8O2S. The summed E-state index contributed by atoms with van der Waals surface area (Å²) in [7, 11) is -2.26. The van der Waals surface area contributed by atoms with Crippen LogP contribution < -0.4 is 0 Å². The first-order valence-electron chi connectivity index (χ1n) is 9.01. The van der Waals surface area contributed by atoms with Crippen LogP contribution in [-0.2, 0) is 23.1 Å². The highest BCUT2D eigenvalue weighted by atomic mass is 32.2. The standard InChI is InChI=1S/C18H13F3N8O2S/c1-3-32(30,31)12-4-5-15(29-9-24-14(7-22)27-29)26-16(12)17-25-10-6-13(18(19,20)21)23-8-11(10)28(17)2/h4-6,8-9H,3H2,1-2H3. The molecule has 10 nitrogen and oxygen atoms in total. The molecule has 0 unspecified atom stereocenters. The van der Waals surface area contributed by atoms with Gasteiger partial charge in [0.05, 0.1) is 27.9 Å². The second-order valence-electron chi connectivity index (χ2n) is 6.59. The number of alkyl halides is 3. The summed E-state index contributed by atoms with van der Waals surface area (Å²) in [5.74, 6) is -0.181. The molecule has 14 heteroatoms. The first-order valence-corrected chi connectivity index (χ1v) is 10.7. The smallest absolute Gasteiger partial charge is 0.324 e. The number of hydrogen-bond acceptors (Lipinski definition) is 8. The monoisotopic (exact) mass is 462 g/mol. The molecule has 0 bridgehead atoms. The number of nitriles is 1. The SMILES string of the molecule is CCS(=O)(=O)c1ccc(-n2cnc(C#N)n2)nc1-c1nc2cc(C(F)(F)F)ncc2n1C. The molecule has 4 aromatic heterocycles. The summed E-state index contributed by atoms with van der Waals surface area (Å²) in [6.45, 7) is 1.46. The number of aryl methyl sites for hydroxylation is 1. The van der Waals surface area contributed by atoms with Crippen LogP contribution in [0.3, 0.4) is 0 Å². The van der Waals surface area contributed by atoms with Crippen molar-refractivity contribution in [3.63, 3.8) is 0 Å². The van der Waals surface area contributed by atoms with Crippen molar-refractivity contribution in [2.24, 2.45) is 7.05 Å². The molecule has 164 valence electrons. The van der Waals surface area contributed by atoms with Gasteiger partial charge >= 0.3 is 6.18 Å². The fourth-order valence-corrected chi connectivity index (χ4v) is 4.03. The van der Waals surface area contributed by atoms with Gasteiger partial charge in [-0.15, -0.1) is 5.10 Å². The summed E-state index contributed by atoms with van der Waals surface area (Å²) in [5.41, 5.74) is -0.966. The summed E-state index contributed by atoms with van der Waals surface area (Å²) in [6.07, 6.45) is -2.41. The first kappa shape index (κ1) is 21.4. The highest BCUT2D eigenvalue weighted by molar-refractivity contribution is 7.91. The Labute approximate surface area is 178 Å². The fraction of sp³-hybridized carbons (Fsp3) is 0.222. The van der Waals surface area contributed by atoms with E-state index in [9.17, 15) is 21.6 Å². The lowest BCUT2D eigenvalue weighted by atomic mass is 10.3. The molecule has 0 aliphatic carbocycles. The maximum absolute atomic E-state index is 13.1. The summed E-state index contributed by atoms with van der Waals surface area (Å²) in [5, 5.41) is 12.8. The number of nitrogens with zero attached hydrogens (tertiary/aromatic N) is 8. The molecule has 0 fully saturated rings. The summed E-state index contributed by atoms with van der Waals surface area (Å²) in [6, 6.07) is 5.25. The lowest BCUT2D eigenvalue weighted by Crippen LogP contribution is -2.11. The Balaban J connectivity index is 1.98. The quantitative estimate of drug-likeness (QED) is 0.451. The minimum Gasteiger partial charge on any atom is -0.324 e. The van der Waals surface area contributed by atoms with Crippen molar-refractivity contribution < 1.29 is 21.6 Å². The van der Waals surface area contributed by atoms with Crippen molar-refractivity contribution in [1.82, 2.24) is 34.3 Å². The summed E-state index contributed by atoms with van der Waals surface area (Å²) in [4.78, 5) is 15.6. The van der Waals surface area contributed by atoms with E-state index in [-0.39, 0.29) is 44.8 Å². The van der Waals surface area contributed by atoms with Crippen LogP contribution in [0.1, 0.15) is 18.4 Å². The molecule has 0 spiro atoms. The summed E-state index contributed by atoms with van der Waals surface area (Å²) < 4.78 is 67.1. The molecule has 0 atom stereocenters. The molecule has 0 amide bonds. The van der Waals surface area contributed by atoms with Gasteiger partial charge in [-0.1, -0.05) is 6.92 Å². The molecular weight excluding hydrogens is 449 g/mol. The number of fused-ring (bicyclic) bond motifs is 1. The highest BCUT2D eigenvalue weighted by Gasteiger charge is 2.33. The lowest BCUT2D eigenvalue weighted by molar-refractivity contribution is -0.141. The van der Waals surface area contributed by atoms with E-state index >= 15 is 0 Å². The van der Waals surface area contributed by atoms with Crippen molar-refractivity contribution in [1.29, 1.82) is 5.26 Å². The minimum atomic E-state index is -4.66. The molecule has 4 aromatic rings. The van der Waals surface area contributed by atoms with E-state index in [0.29, 0.717) is 0 Å². The average molecular weight is 462 g/mol. The summed E-state index contributed by atoms with van der Waals surface area (Å²) >= 11 is 0. The van der Waals surface area contributed by atoms with E-state index in [2.05, 4.69) is 25.0 Å². The minimum absolute atomic E-state index is 0.0237. The number of sulfone groups is 1. The number of imidazole rings is 1. The Morgan fingerprint density at radius 3 is 2.56 bits per heavy atom. The van der Waals surface area contributed by atoms with Gasteiger partial charge in [-0.3, -0.25) is 0 Å². The largest absolute Gasteiger partial charge is 0.433 e. The predicted molar refractivity (Wildman–Crippen MR) is 104 cm³/mol. The van der Waals surface area contributed by atoms with Crippen LogP contribution in [0.25, 0.3) is 28.4 Å². The number of aromatic nitrogens is 7. The highest BCUT2D eigenvalue weighted by Crippen LogP contribution is 2.32. The van der Waals surface area contributed by atoms with Gasteiger partial charge in [0.1, 0.15) is 23.8 Å². The van der Waals surface area contributed by atoms with E-state index in [1.54, 1.807) is 6.07 Å². The van der Waals surface area contributed by atoms with Crippen molar-refractivity contribution in [3.05, 3.63) is 42.2 Å². The van der Waals surface area contributed by atoms with Crippen LogP contribution in [0.4, 0.5) is 13.2 Å². The van der Waals surface area contributed by atoms with Gasteiger partial charge in [-0.2, -0.15) is 18.4 Å². The van der Waals surface area contributed by atoms with Crippen molar-refractivity contribution >= 4 is 20.9 Å². The van der Waals surface area contributed by atoms with Gasteiger partial charge in [0.15, 0.2) is 21.5 Å². The molecule has 0 saturated carbocycles. The van der Waals surface area contributed by atoms with Crippen LogP contribution in [0.5, 0.6) is 0 Å². The van der Waals surface area contributed by atoms with E-state index in [1.807, 2.05) is 0 Å². The second kappa shape index (κ2) is 7.38. The van der Waals surface area contributed by atoms with E-state index in [4.69, 9.17) is 5.26 Å². The molecule has 0 aromatic carbocycles. The molecule has 0 aliphatic rings. The van der Waals surface area contributed by atoms with Crippen molar-refractivity contribution in [3.8, 4) is 23.4 Å². The Kier molecular flexibility index (Phi) is 4.93. The van der Waals surface area contributed by atoms with Gasteiger partial charge in [0.25, 0.3) is 5.82 Å². The molecule has 0 N–H and O–H groups in total. The average Bonchev–Trinajstić information content (AvgIpc) is 3.37. The van der Waals surface area contributed by atoms with Gasteiger partial charge in [-0.25, -0.2) is 33.0 Å². The first-order chi connectivity index (χ1) is 15.0. The Bertz CT molecular complexity index is 1500. The number of rotatable bonds is 4. The third-order valence-corrected chi connectivity index (χ3v) is 6.41. The molecule has 32 heavy (non-hydrogen) atoms. The van der Waals surface area contributed by atoms with Crippen molar-refractivity contribution in [2.75, 3.05) is 5.75 Å². The fourth-order valence-electron chi connectivity index (χ4n) is 3.01. The third kappa shape index (κ3) is 3.56. The zero-order chi connectivity index (χ0) is 23.3. The molecule has 0 saturated heterocycles. The predicted octanol–water partition coefficient (Wildman–Crippen LogP) is 2.30. The number of hydrogen-bond donors (Lipinski definition) is 0. The van der Waals surface area contributed by atoms with Crippen molar-refractivity contribution in [2.45, 2.75) is 18.0 Å². The molecule has 0 radical (unpaired) electrons. The van der Waals surface area contributed by atoms with Gasteiger partial charge in [0.2, 0.25) is 0 Å². The Hall–Kier alpha value is -3.86. The van der Waals surface area contributed by atoms with Crippen LogP contribution in [-0.4, -0.2) is 48.5 Å². The lowest BCUT2D eigenvalue weighted by Gasteiger charge is -2.11. The normalized spacial score (nSPS) is 12.2. The maximum Gasteiger partial charge on any atom is 0.433 e. The zero-order valence-corrected chi connectivity index (χ0v) is 17.3. The van der Waals surface area contributed by atoms with Gasteiger partial charge < -0.3 is 4.57 Å². The zero-order valence-electron chi connectivity index (χ0n) is 16.5. The third-order valence-electron chi connectivity index (χ3n) is 4.65. The van der Waals surface area contributed by atoms with E-state index in [1.165, 1.54) is 41.7 Å². The van der Waals surface area contributed by atoms with Crippen LogP contribution in [0.15, 0.2) is 35.6 Å². The Morgan fingerprint density at radius 1 is 1.19 bits per heavy atom. The number of halogens is 3. The van der Waals surface area contributed by atoms with Crippen LogP contribution in [0.2, 0.25) is 0 Å². The Morgan fingerprint density at radius 2 is 1.94 bits per heavy atom. The van der Waals surface area contributed by atoms with Crippen LogP contribution >= 0.6 is 0 Å². The molecule has 4 heterocycles. The second-order valence-corrected chi connectivity index (χ2v) is 8.84. The maximum atomic E-state index is 13.1. The molecule has 4 rings (SSSR count). The van der Waals surface area contributed by atoms with Gasteiger partial charge in [0, 0.05) is 7.05 Å². The number of pyridine rings is 2. The van der Waals surface area contributed by atoms with E-state index in [0.717, 1.165) is 12.3 Å². The van der Waals surface area contributed by atoms with Gasteiger partial charge in [-0.05, 0) is 18.2 Å².